The van der Waals surface area contributed by atoms with Gasteiger partial charge >= 0.3 is 0 Å². The Morgan fingerprint density at radius 2 is 2.33 bits per heavy atom. The van der Waals surface area contributed by atoms with Crippen LogP contribution in [-0.4, -0.2) is 10.8 Å². The van der Waals surface area contributed by atoms with Gasteiger partial charge in [0.1, 0.15) is 5.01 Å². The van der Waals surface area contributed by atoms with Crippen molar-refractivity contribution in [3.63, 3.8) is 0 Å². The Morgan fingerprint density at radius 1 is 1.60 bits per heavy atom. The van der Waals surface area contributed by atoms with Crippen LogP contribution in [0.3, 0.4) is 0 Å². The zero-order valence-corrected chi connectivity index (χ0v) is 9.89. The van der Waals surface area contributed by atoms with Crippen LogP contribution in [-0.2, 0) is 6.54 Å². The van der Waals surface area contributed by atoms with Crippen molar-refractivity contribution < 1.29 is 0 Å². The molecule has 0 radical (unpaired) electrons. The van der Waals surface area contributed by atoms with Crippen molar-refractivity contribution in [3.8, 4) is 0 Å². The van der Waals surface area contributed by atoms with E-state index in [0.29, 0.717) is 12.5 Å². The molecule has 0 amide bonds. The lowest BCUT2D eigenvalue weighted by Crippen LogP contribution is -2.21. The minimum absolute atomic E-state index is 0.533. The van der Waals surface area contributed by atoms with E-state index in [1.165, 1.54) is 30.6 Å². The quantitative estimate of drug-likeness (QED) is 0.632. The summed E-state index contributed by atoms with van der Waals surface area (Å²) in [5.74, 6) is 1.37. The molecule has 0 bridgehead atoms. The molecule has 15 heavy (non-hydrogen) atoms. The normalized spacial score (nSPS) is 18.6. The molecule has 0 saturated heterocycles. The number of amidine groups is 1. The molecule has 2 rings (SSSR count). The second kappa shape index (κ2) is 4.75. The number of nitrogens with two attached hydrogens (primary N) is 1. The average molecular weight is 223 g/mol. The van der Waals surface area contributed by atoms with Crippen LogP contribution in [0.1, 0.15) is 35.6 Å². The fourth-order valence-electron chi connectivity index (χ4n) is 1.98. The van der Waals surface area contributed by atoms with Crippen molar-refractivity contribution in [1.82, 2.24) is 4.98 Å². The van der Waals surface area contributed by atoms with Gasteiger partial charge in [-0.15, -0.1) is 11.3 Å². The smallest absolute Gasteiger partial charge is 0.114 e. The standard InChI is InChI=1S/C11H17N3S/c1-8-6-13-10(15-8)7-14-11(12)9-4-2-3-5-9/h6,9H,2-5,7H2,1H3,(H2,12,14). The van der Waals surface area contributed by atoms with E-state index in [2.05, 4.69) is 16.9 Å². The SMILES string of the molecule is Cc1cnc(CN=C(N)C2CCCC2)s1. The Morgan fingerprint density at radius 3 is 2.93 bits per heavy atom. The summed E-state index contributed by atoms with van der Waals surface area (Å²) in [5.41, 5.74) is 5.96. The van der Waals surface area contributed by atoms with Crippen molar-refractivity contribution in [2.75, 3.05) is 0 Å². The third-order valence-corrected chi connectivity index (χ3v) is 3.74. The zero-order chi connectivity index (χ0) is 10.7. The van der Waals surface area contributed by atoms with E-state index in [-0.39, 0.29) is 0 Å². The number of hydrogen-bond donors (Lipinski definition) is 1. The molecule has 3 nitrogen and oxygen atoms in total. The molecule has 1 aromatic heterocycles. The van der Waals surface area contributed by atoms with Crippen LogP contribution in [0.15, 0.2) is 11.2 Å². The van der Waals surface area contributed by atoms with Gasteiger partial charge in [-0.25, -0.2) is 4.98 Å². The predicted octanol–water partition coefficient (Wildman–Crippen LogP) is 2.50. The number of thiazole rings is 1. The second-order valence-electron chi connectivity index (χ2n) is 4.09. The van der Waals surface area contributed by atoms with Crippen molar-refractivity contribution >= 4 is 17.2 Å². The van der Waals surface area contributed by atoms with Gasteiger partial charge in [-0.05, 0) is 19.8 Å². The summed E-state index contributed by atoms with van der Waals surface area (Å²) < 4.78 is 0. The van der Waals surface area contributed by atoms with E-state index in [0.717, 1.165) is 10.8 Å². The number of nitrogens with zero attached hydrogens (tertiary/aromatic N) is 2. The van der Waals surface area contributed by atoms with Crippen molar-refractivity contribution in [1.29, 1.82) is 0 Å². The molecule has 1 heterocycles. The van der Waals surface area contributed by atoms with Gasteiger partial charge in [0.05, 0.1) is 12.4 Å². The predicted molar refractivity (Wildman–Crippen MR) is 64.1 cm³/mol. The number of aliphatic imine (C=N–C) groups is 1. The van der Waals surface area contributed by atoms with Crippen LogP contribution in [0.5, 0.6) is 0 Å². The van der Waals surface area contributed by atoms with Crippen LogP contribution in [0, 0.1) is 12.8 Å². The van der Waals surface area contributed by atoms with E-state index in [1.54, 1.807) is 11.3 Å². The topological polar surface area (TPSA) is 51.3 Å². The largest absolute Gasteiger partial charge is 0.387 e. The van der Waals surface area contributed by atoms with E-state index < -0.39 is 0 Å². The highest BCUT2D eigenvalue weighted by Crippen LogP contribution is 2.25. The first kappa shape index (κ1) is 10.6. The molecule has 0 aromatic carbocycles. The molecule has 0 aliphatic heterocycles. The van der Waals surface area contributed by atoms with Crippen LogP contribution < -0.4 is 5.73 Å². The molecule has 1 saturated carbocycles. The molecule has 1 aromatic rings. The first-order chi connectivity index (χ1) is 7.25. The lowest BCUT2D eigenvalue weighted by molar-refractivity contribution is 0.715. The maximum absolute atomic E-state index is 5.96. The summed E-state index contributed by atoms with van der Waals surface area (Å²) >= 11 is 1.70. The van der Waals surface area contributed by atoms with E-state index in [1.807, 2.05) is 6.20 Å². The lowest BCUT2D eigenvalue weighted by Gasteiger charge is -2.06. The number of aromatic nitrogens is 1. The summed E-state index contributed by atoms with van der Waals surface area (Å²) in [6, 6.07) is 0. The summed E-state index contributed by atoms with van der Waals surface area (Å²) in [4.78, 5) is 9.94. The molecule has 1 aliphatic carbocycles. The van der Waals surface area contributed by atoms with Crippen molar-refractivity contribution in [2.45, 2.75) is 39.2 Å². The van der Waals surface area contributed by atoms with Gasteiger partial charge in [-0.1, -0.05) is 12.8 Å². The Bertz CT molecular complexity index is 350. The molecule has 4 heteroatoms. The van der Waals surface area contributed by atoms with Crippen LogP contribution in [0.25, 0.3) is 0 Å². The van der Waals surface area contributed by atoms with Gasteiger partial charge in [0.25, 0.3) is 0 Å². The van der Waals surface area contributed by atoms with Crippen LogP contribution in [0.2, 0.25) is 0 Å². The maximum Gasteiger partial charge on any atom is 0.114 e. The highest BCUT2D eigenvalue weighted by molar-refractivity contribution is 7.11. The molecule has 0 unspecified atom stereocenters. The van der Waals surface area contributed by atoms with Gasteiger partial charge in [-0.3, -0.25) is 4.99 Å². The number of hydrogen-bond acceptors (Lipinski definition) is 3. The maximum atomic E-state index is 5.96. The van der Waals surface area contributed by atoms with Gasteiger partial charge in [0.2, 0.25) is 0 Å². The third-order valence-electron chi connectivity index (χ3n) is 2.84. The molecule has 2 N–H and O–H groups in total. The van der Waals surface area contributed by atoms with E-state index in [4.69, 9.17) is 5.73 Å². The van der Waals surface area contributed by atoms with Gasteiger partial charge in [-0.2, -0.15) is 0 Å². The summed E-state index contributed by atoms with van der Waals surface area (Å²) in [5, 5.41) is 1.06. The van der Waals surface area contributed by atoms with Gasteiger partial charge in [0.15, 0.2) is 0 Å². The van der Waals surface area contributed by atoms with E-state index >= 15 is 0 Å². The molecular formula is C11H17N3S. The minimum atomic E-state index is 0.533. The average Bonchev–Trinajstić information content (AvgIpc) is 2.84. The molecule has 0 atom stereocenters. The third kappa shape index (κ3) is 2.78. The number of aryl methyl sites for hydroxylation is 1. The Balaban J connectivity index is 1.92. The molecule has 1 fully saturated rings. The highest BCUT2D eigenvalue weighted by Gasteiger charge is 2.18. The molecule has 82 valence electrons. The fourth-order valence-corrected chi connectivity index (χ4v) is 2.70. The summed E-state index contributed by atoms with van der Waals surface area (Å²) in [6.07, 6.45) is 6.92. The van der Waals surface area contributed by atoms with Gasteiger partial charge in [0, 0.05) is 17.0 Å². The number of rotatable bonds is 3. The Labute approximate surface area is 94.4 Å². The highest BCUT2D eigenvalue weighted by atomic mass is 32.1. The second-order valence-corrected chi connectivity index (χ2v) is 5.41. The Kier molecular flexibility index (Phi) is 3.36. The van der Waals surface area contributed by atoms with E-state index in [9.17, 15) is 0 Å². The van der Waals surface area contributed by atoms with Crippen molar-refractivity contribution in [2.24, 2.45) is 16.6 Å². The first-order valence-electron chi connectivity index (χ1n) is 5.47. The van der Waals surface area contributed by atoms with Crippen LogP contribution in [0.4, 0.5) is 0 Å². The van der Waals surface area contributed by atoms with Crippen LogP contribution >= 0.6 is 11.3 Å². The monoisotopic (exact) mass is 223 g/mol. The summed E-state index contributed by atoms with van der Waals surface area (Å²) in [7, 11) is 0. The molecular weight excluding hydrogens is 206 g/mol. The fraction of sp³-hybridized carbons (Fsp3) is 0.636. The minimum Gasteiger partial charge on any atom is -0.387 e. The first-order valence-corrected chi connectivity index (χ1v) is 6.28. The Hall–Kier alpha value is -0.900. The van der Waals surface area contributed by atoms with Gasteiger partial charge < -0.3 is 5.73 Å². The zero-order valence-electron chi connectivity index (χ0n) is 9.07. The van der Waals surface area contributed by atoms with Crippen molar-refractivity contribution in [3.05, 3.63) is 16.1 Å². The summed E-state index contributed by atoms with van der Waals surface area (Å²) in [6.45, 7) is 2.71. The lowest BCUT2D eigenvalue weighted by atomic mass is 10.1. The molecule has 0 spiro atoms. The molecule has 1 aliphatic rings.